The number of hydrogen-bond acceptors (Lipinski definition) is 5. The predicted octanol–water partition coefficient (Wildman–Crippen LogP) is 3.41. The van der Waals surface area contributed by atoms with Gasteiger partial charge in [0, 0.05) is 17.3 Å². The Bertz CT molecular complexity index is 662. The second kappa shape index (κ2) is 5.43. The number of carbonyl (C=O) groups is 1. The average molecular weight is 293 g/mol. The Balaban J connectivity index is 2.14. The lowest BCUT2D eigenvalue weighted by Crippen LogP contribution is -2.27. The Hall–Kier alpha value is -2.57. The first kappa shape index (κ1) is 14.8. The number of carbonyl (C=O) groups excluding carboxylic acids is 1. The molecule has 21 heavy (non-hydrogen) atoms. The Kier molecular flexibility index (Phi) is 3.84. The van der Waals surface area contributed by atoms with Crippen LogP contribution in [0.3, 0.4) is 0 Å². The van der Waals surface area contributed by atoms with Crippen molar-refractivity contribution < 1.29 is 18.4 Å². The molecule has 0 spiro atoms. The quantitative estimate of drug-likeness (QED) is 0.885. The van der Waals surface area contributed by atoms with E-state index in [2.05, 4.69) is 10.5 Å². The molecule has 0 unspecified atom stereocenters. The van der Waals surface area contributed by atoms with Crippen LogP contribution in [0.15, 0.2) is 28.8 Å². The summed E-state index contributed by atoms with van der Waals surface area (Å²) in [6, 6.07) is 5.59. The van der Waals surface area contributed by atoms with Crippen molar-refractivity contribution in [2.45, 2.75) is 26.4 Å². The maximum Gasteiger partial charge on any atom is 0.412 e. The van der Waals surface area contributed by atoms with E-state index >= 15 is 0 Å². The van der Waals surface area contributed by atoms with Gasteiger partial charge in [0.25, 0.3) is 0 Å². The van der Waals surface area contributed by atoms with Crippen LogP contribution in [0.1, 0.15) is 20.8 Å². The molecular formula is C14H16FN3O3. The molecule has 0 aliphatic carbocycles. The minimum absolute atomic E-state index is 0.0976. The molecule has 0 atom stereocenters. The predicted molar refractivity (Wildman–Crippen MR) is 76.2 cm³/mol. The molecule has 3 N–H and O–H groups in total. The number of nitrogen functional groups attached to an aromatic ring is 1. The molecule has 0 aliphatic rings. The van der Waals surface area contributed by atoms with Crippen molar-refractivity contribution in [3.63, 3.8) is 0 Å². The number of anilines is 2. The maximum absolute atomic E-state index is 14.0. The second-order valence-corrected chi connectivity index (χ2v) is 5.44. The van der Waals surface area contributed by atoms with Crippen LogP contribution >= 0.6 is 0 Å². The Labute approximate surface area is 121 Å². The number of nitrogens with two attached hydrogens (primary N) is 1. The zero-order valence-electron chi connectivity index (χ0n) is 11.9. The van der Waals surface area contributed by atoms with Gasteiger partial charge in [0.2, 0.25) is 5.88 Å². The Morgan fingerprint density at radius 2 is 2.10 bits per heavy atom. The molecule has 1 aromatic heterocycles. The van der Waals surface area contributed by atoms with Gasteiger partial charge in [-0.25, -0.2) is 9.18 Å². The lowest BCUT2D eigenvalue weighted by Gasteiger charge is -2.19. The smallest absolute Gasteiger partial charge is 0.412 e. The first-order valence-electron chi connectivity index (χ1n) is 6.27. The second-order valence-electron chi connectivity index (χ2n) is 5.44. The lowest BCUT2D eigenvalue weighted by atomic mass is 10.1. The van der Waals surface area contributed by atoms with Gasteiger partial charge >= 0.3 is 6.09 Å². The third kappa shape index (κ3) is 3.95. The van der Waals surface area contributed by atoms with Crippen molar-refractivity contribution >= 4 is 17.7 Å². The molecule has 0 saturated carbocycles. The van der Waals surface area contributed by atoms with Gasteiger partial charge in [0.1, 0.15) is 17.1 Å². The van der Waals surface area contributed by atoms with Gasteiger partial charge in [0.15, 0.2) is 0 Å². The van der Waals surface area contributed by atoms with Crippen LogP contribution in [0.25, 0.3) is 11.3 Å². The number of benzene rings is 1. The molecular weight excluding hydrogens is 277 g/mol. The molecule has 1 amide bonds. The van der Waals surface area contributed by atoms with Crippen molar-refractivity contribution in [1.82, 2.24) is 5.16 Å². The molecule has 2 aromatic rings. The van der Waals surface area contributed by atoms with Crippen LogP contribution in [0.5, 0.6) is 0 Å². The number of nitrogens with one attached hydrogen (secondary N) is 1. The Morgan fingerprint density at radius 3 is 2.62 bits per heavy atom. The molecule has 1 heterocycles. The van der Waals surface area contributed by atoms with E-state index < -0.39 is 17.5 Å². The van der Waals surface area contributed by atoms with E-state index in [4.69, 9.17) is 15.0 Å². The Morgan fingerprint density at radius 1 is 1.38 bits per heavy atom. The van der Waals surface area contributed by atoms with E-state index in [9.17, 15) is 9.18 Å². The van der Waals surface area contributed by atoms with Crippen LogP contribution < -0.4 is 11.1 Å². The van der Waals surface area contributed by atoms with Gasteiger partial charge < -0.3 is 15.0 Å². The summed E-state index contributed by atoms with van der Waals surface area (Å²) in [6.45, 7) is 5.22. The number of amides is 1. The first-order valence-corrected chi connectivity index (χ1v) is 6.27. The molecule has 112 valence electrons. The summed E-state index contributed by atoms with van der Waals surface area (Å²) >= 11 is 0. The fraction of sp³-hybridized carbons (Fsp3) is 0.286. The van der Waals surface area contributed by atoms with Crippen molar-refractivity contribution in [2.75, 3.05) is 11.1 Å². The van der Waals surface area contributed by atoms with Crippen LogP contribution in [0.4, 0.5) is 20.8 Å². The highest BCUT2D eigenvalue weighted by Crippen LogP contribution is 2.25. The zero-order valence-corrected chi connectivity index (χ0v) is 11.9. The summed E-state index contributed by atoms with van der Waals surface area (Å²) in [5.41, 5.74) is 5.56. The van der Waals surface area contributed by atoms with Gasteiger partial charge in [-0.15, -0.1) is 0 Å². The fourth-order valence-corrected chi connectivity index (χ4v) is 1.64. The van der Waals surface area contributed by atoms with Crippen molar-refractivity contribution in [2.24, 2.45) is 0 Å². The summed E-state index contributed by atoms with van der Waals surface area (Å²) in [7, 11) is 0. The molecule has 2 rings (SSSR count). The largest absolute Gasteiger partial charge is 0.444 e. The molecule has 0 bridgehead atoms. The van der Waals surface area contributed by atoms with Crippen molar-refractivity contribution in [3.8, 4) is 11.3 Å². The lowest BCUT2D eigenvalue weighted by molar-refractivity contribution is 0.0636. The summed E-state index contributed by atoms with van der Waals surface area (Å²) in [6.07, 6.45) is -0.652. The number of ether oxygens (including phenoxy) is 1. The van der Waals surface area contributed by atoms with Gasteiger partial charge in [-0.3, -0.25) is 5.32 Å². The van der Waals surface area contributed by atoms with Gasteiger partial charge in [-0.2, -0.15) is 0 Å². The van der Waals surface area contributed by atoms with E-state index in [1.165, 1.54) is 24.3 Å². The highest BCUT2D eigenvalue weighted by Gasteiger charge is 2.17. The first-order chi connectivity index (χ1) is 9.74. The van der Waals surface area contributed by atoms with E-state index in [1.54, 1.807) is 20.8 Å². The monoisotopic (exact) mass is 293 g/mol. The van der Waals surface area contributed by atoms with Gasteiger partial charge in [0.05, 0.1) is 0 Å². The maximum atomic E-state index is 14.0. The van der Waals surface area contributed by atoms with Gasteiger partial charge in [-0.05, 0) is 39.0 Å². The highest BCUT2D eigenvalue weighted by molar-refractivity contribution is 5.85. The molecule has 0 aliphatic heterocycles. The number of halogens is 1. The minimum Gasteiger partial charge on any atom is -0.444 e. The zero-order chi connectivity index (χ0) is 15.6. The number of hydrogen-bond donors (Lipinski definition) is 2. The van der Waals surface area contributed by atoms with E-state index in [1.807, 2.05) is 0 Å². The standard InChI is InChI=1S/C14H16FN3O3/c1-14(2,3)20-13(19)17-8-4-5-9(10(15)6-8)11-7-12(16)21-18-11/h4-7H,16H2,1-3H3,(H,17,19). The topological polar surface area (TPSA) is 90.4 Å². The molecule has 0 fully saturated rings. The molecule has 6 nitrogen and oxygen atoms in total. The van der Waals surface area contributed by atoms with Gasteiger partial charge in [-0.1, -0.05) is 5.16 Å². The summed E-state index contributed by atoms with van der Waals surface area (Å²) in [5, 5.41) is 6.09. The molecule has 7 heteroatoms. The van der Waals surface area contributed by atoms with E-state index in [0.29, 0.717) is 0 Å². The third-order valence-electron chi connectivity index (χ3n) is 2.42. The number of aromatic nitrogens is 1. The van der Waals surface area contributed by atoms with Crippen molar-refractivity contribution in [1.29, 1.82) is 0 Å². The minimum atomic E-state index is -0.652. The SMILES string of the molecule is CC(C)(C)OC(=O)Nc1ccc(-c2cc(N)on2)c(F)c1. The van der Waals surface area contributed by atoms with E-state index in [-0.39, 0.29) is 22.8 Å². The highest BCUT2D eigenvalue weighted by atomic mass is 19.1. The van der Waals surface area contributed by atoms with Crippen LogP contribution in [-0.4, -0.2) is 16.9 Å². The molecule has 0 saturated heterocycles. The molecule has 0 radical (unpaired) electrons. The summed E-state index contributed by atoms with van der Waals surface area (Å²) in [5.74, 6) is -0.461. The fourth-order valence-electron chi connectivity index (χ4n) is 1.64. The molecule has 1 aromatic carbocycles. The van der Waals surface area contributed by atoms with Crippen molar-refractivity contribution in [3.05, 3.63) is 30.1 Å². The van der Waals surface area contributed by atoms with Crippen LogP contribution in [0, 0.1) is 5.82 Å². The average Bonchev–Trinajstić information content (AvgIpc) is 2.73. The van der Waals surface area contributed by atoms with Crippen LogP contribution in [-0.2, 0) is 4.74 Å². The summed E-state index contributed by atoms with van der Waals surface area (Å²) in [4.78, 5) is 11.6. The normalized spacial score (nSPS) is 11.2. The third-order valence-corrected chi connectivity index (χ3v) is 2.42. The van der Waals surface area contributed by atoms with E-state index in [0.717, 1.165) is 0 Å². The van der Waals surface area contributed by atoms with Crippen LogP contribution in [0.2, 0.25) is 0 Å². The number of nitrogens with zero attached hydrogens (tertiary/aromatic N) is 1. The number of rotatable bonds is 2. The summed E-state index contributed by atoms with van der Waals surface area (Å²) < 4.78 is 23.8.